The van der Waals surface area contributed by atoms with Gasteiger partial charge in [-0.25, -0.2) is 4.98 Å². The Morgan fingerprint density at radius 1 is 1.24 bits per heavy atom. The predicted molar refractivity (Wildman–Crippen MR) is 136 cm³/mol. The summed E-state index contributed by atoms with van der Waals surface area (Å²) < 4.78 is 2.11. The quantitative estimate of drug-likeness (QED) is 0.557. The van der Waals surface area contributed by atoms with Gasteiger partial charge in [0.1, 0.15) is 0 Å². The summed E-state index contributed by atoms with van der Waals surface area (Å²) in [6.45, 7) is 4.82. The van der Waals surface area contributed by atoms with Gasteiger partial charge in [0.25, 0.3) is 0 Å². The first kappa shape index (κ1) is 23.4. The Bertz CT molecular complexity index is 1190. The second-order valence-electron chi connectivity index (χ2n) is 9.13. The van der Waals surface area contributed by atoms with Gasteiger partial charge in [-0.3, -0.25) is 4.79 Å². The Morgan fingerprint density at radius 2 is 2.09 bits per heavy atom. The average molecular weight is 502 g/mol. The number of aliphatic hydroxyl groups is 1. The molecule has 0 saturated carbocycles. The van der Waals surface area contributed by atoms with Crippen LogP contribution in [-0.2, 0) is 4.79 Å². The summed E-state index contributed by atoms with van der Waals surface area (Å²) in [6.07, 6.45) is 3.73. The molecule has 2 N–H and O–H groups in total. The number of benzene rings is 2. The van der Waals surface area contributed by atoms with Crippen LogP contribution in [0.1, 0.15) is 31.4 Å². The first-order chi connectivity index (χ1) is 16.5. The standard InChI is InChI=1S/C25H29Cl2N5O2/c1-16(20-6-4-17(26)11-21(20)27)32-15-29-22-7-5-18(12-24(22)32)30-9-10-31(19(13-30)14-33)25(34)23-3-2-8-28-23/h4-7,11-12,15-16,19,23,28,33H,2-3,8-10,13-14H2,1H3. The number of carbonyl (C=O) groups is 1. The van der Waals surface area contributed by atoms with Gasteiger partial charge in [0.05, 0.1) is 42.1 Å². The molecule has 2 aromatic carbocycles. The fourth-order valence-corrected chi connectivity index (χ4v) is 5.71. The van der Waals surface area contributed by atoms with Crippen LogP contribution in [0.5, 0.6) is 0 Å². The van der Waals surface area contributed by atoms with Gasteiger partial charge in [-0.15, -0.1) is 0 Å². The smallest absolute Gasteiger partial charge is 0.240 e. The second-order valence-corrected chi connectivity index (χ2v) is 9.97. The number of nitrogens with one attached hydrogen (secondary N) is 1. The molecular formula is C25H29Cl2N5O2. The summed E-state index contributed by atoms with van der Waals surface area (Å²) in [5.74, 6) is 0.110. The Hall–Kier alpha value is -2.32. The third kappa shape index (κ3) is 4.38. The van der Waals surface area contributed by atoms with E-state index < -0.39 is 0 Å². The minimum atomic E-state index is -0.226. The van der Waals surface area contributed by atoms with Crippen LogP contribution < -0.4 is 10.2 Å². The highest BCUT2D eigenvalue weighted by Gasteiger charge is 2.35. The number of aliphatic hydroxyl groups excluding tert-OH is 1. The van der Waals surface area contributed by atoms with Gasteiger partial charge in [-0.05, 0) is 62.2 Å². The average Bonchev–Trinajstić information content (AvgIpc) is 3.53. The number of halogens is 2. The van der Waals surface area contributed by atoms with Crippen molar-refractivity contribution in [2.24, 2.45) is 0 Å². The van der Waals surface area contributed by atoms with Gasteiger partial charge in [-0.1, -0.05) is 29.3 Å². The minimum Gasteiger partial charge on any atom is -0.394 e. The molecule has 2 fully saturated rings. The normalized spacial score (nSPS) is 21.9. The van der Waals surface area contributed by atoms with E-state index in [1.54, 1.807) is 6.07 Å². The third-order valence-electron chi connectivity index (χ3n) is 7.09. The molecule has 3 unspecified atom stereocenters. The van der Waals surface area contributed by atoms with Gasteiger partial charge in [0.2, 0.25) is 5.91 Å². The van der Waals surface area contributed by atoms with E-state index in [1.165, 1.54) is 0 Å². The van der Waals surface area contributed by atoms with Crippen molar-refractivity contribution in [3.63, 3.8) is 0 Å². The van der Waals surface area contributed by atoms with E-state index >= 15 is 0 Å². The van der Waals surface area contributed by atoms with Crippen molar-refractivity contribution in [2.75, 3.05) is 37.7 Å². The number of amides is 1. The van der Waals surface area contributed by atoms with E-state index in [1.807, 2.05) is 29.4 Å². The number of rotatable bonds is 5. The summed E-state index contributed by atoms with van der Waals surface area (Å²) in [7, 11) is 0. The van der Waals surface area contributed by atoms with Gasteiger partial charge < -0.3 is 24.8 Å². The van der Waals surface area contributed by atoms with E-state index in [2.05, 4.69) is 38.8 Å². The molecule has 2 aliphatic rings. The summed E-state index contributed by atoms with van der Waals surface area (Å²) in [6, 6.07) is 11.4. The highest BCUT2D eigenvalue weighted by Crippen LogP contribution is 2.32. The lowest BCUT2D eigenvalue weighted by Gasteiger charge is -2.42. The number of fused-ring (bicyclic) bond motifs is 1. The number of piperazine rings is 1. The van der Waals surface area contributed by atoms with Crippen LogP contribution in [0.4, 0.5) is 5.69 Å². The van der Waals surface area contributed by atoms with Crippen molar-refractivity contribution in [3.8, 4) is 0 Å². The highest BCUT2D eigenvalue weighted by molar-refractivity contribution is 6.35. The van der Waals surface area contributed by atoms with E-state index in [9.17, 15) is 9.90 Å². The van der Waals surface area contributed by atoms with E-state index in [0.29, 0.717) is 29.7 Å². The van der Waals surface area contributed by atoms with Crippen LogP contribution in [0.3, 0.4) is 0 Å². The maximum atomic E-state index is 13.0. The second kappa shape index (κ2) is 9.74. The monoisotopic (exact) mass is 501 g/mol. The third-order valence-corrected chi connectivity index (χ3v) is 7.65. The summed E-state index contributed by atoms with van der Waals surface area (Å²) in [4.78, 5) is 21.6. The fourth-order valence-electron chi connectivity index (χ4n) is 5.14. The van der Waals surface area contributed by atoms with Gasteiger partial charge in [0.15, 0.2) is 0 Å². The van der Waals surface area contributed by atoms with Crippen LogP contribution >= 0.6 is 23.2 Å². The number of hydrogen-bond acceptors (Lipinski definition) is 5. The summed E-state index contributed by atoms with van der Waals surface area (Å²) in [5, 5.41) is 14.6. The fraction of sp³-hybridized carbons (Fsp3) is 0.440. The van der Waals surface area contributed by atoms with Gasteiger partial charge in [0, 0.05) is 35.4 Å². The number of aromatic nitrogens is 2. The zero-order valence-electron chi connectivity index (χ0n) is 19.1. The van der Waals surface area contributed by atoms with Crippen LogP contribution in [0.2, 0.25) is 10.0 Å². The molecule has 34 heavy (non-hydrogen) atoms. The summed E-state index contributed by atoms with van der Waals surface area (Å²) >= 11 is 12.6. The maximum Gasteiger partial charge on any atom is 0.240 e. The van der Waals surface area contributed by atoms with Crippen molar-refractivity contribution >= 4 is 45.8 Å². The van der Waals surface area contributed by atoms with E-state index in [-0.39, 0.29) is 30.6 Å². The molecule has 0 spiro atoms. The van der Waals surface area contributed by atoms with Crippen molar-refractivity contribution < 1.29 is 9.90 Å². The number of hydrogen-bond donors (Lipinski definition) is 2. The minimum absolute atomic E-state index is 0.0245. The first-order valence-corrected chi connectivity index (χ1v) is 12.5. The molecular weight excluding hydrogens is 473 g/mol. The first-order valence-electron chi connectivity index (χ1n) is 11.8. The van der Waals surface area contributed by atoms with Crippen molar-refractivity contribution in [3.05, 3.63) is 58.3 Å². The SMILES string of the molecule is CC(c1ccc(Cl)cc1Cl)n1cnc2ccc(N3CCN(C(=O)C4CCCN4)C(CO)C3)cc21. The molecule has 0 radical (unpaired) electrons. The Kier molecular flexibility index (Phi) is 6.71. The zero-order valence-corrected chi connectivity index (χ0v) is 20.6. The van der Waals surface area contributed by atoms with Crippen LogP contribution in [-0.4, -0.2) is 70.3 Å². The number of imidazole rings is 1. The topological polar surface area (TPSA) is 73.6 Å². The molecule has 3 aromatic rings. The lowest BCUT2D eigenvalue weighted by atomic mass is 10.1. The lowest BCUT2D eigenvalue weighted by molar-refractivity contribution is -0.136. The lowest BCUT2D eigenvalue weighted by Crippen LogP contribution is -2.59. The zero-order chi connectivity index (χ0) is 23.8. The number of anilines is 1. The van der Waals surface area contributed by atoms with Crippen molar-refractivity contribution in [1.82, 2.24) is 19.8 Å². The number of nitrogens with zero attached hydrogens (tertiary/aromatic N) is 4. The van der Waals surface area contributed by atoms with Gasteiger partial charge in [-0.2, -0.15) is 0 Å². The van der Waals surface area contributed by atoms with Gasteiger partial charge >= 0.3 is 0 Å². The molecule has 2 aliphatic heterocycles. The molecule has 3 heterocycles. The van der Waals surface area contributed by atoms with Crippen LogP contribution in [0, 0.1) is 0 Å². The number of carbonyl (C=O) groups excluding carboxylic acids is 1. The van der Waals surface area contributed by atoms with E-state index in [0.717, 1.165) is 41.7 Å². The molecule has 9 heteroatoms. The predicted octanol–water partition coefficient (Wildman–Crippen LogP) is 3.71. The molecule has 0 bridgehead atoms. The van der Waals surface area contributed by atoms with Crippen LogP contribution in [0.25, 0.3) is 11.0 Å². The molecule has 180 valence electrons. The molecule has 1 aromatic heterocycles. The Balaban J connectivity index is 1.39. The molecule has 2 saturated heterocycles. The highest BCUT2D eigenvalue weighted by atomic mass is 35.5. The Morgan fingerprint density at radius 3 is 2.82 bits per heavy atom. The molecule has 0 aliphatic carbocycles. The molecule has 7 nitrogen and oxygen atoms in total. The Labute approximate surface area is 209 Å². The maximum absolute atomic E-state index is 13.0. The molecule has 5 rings (SSSR count). The van der Waals surface area contributed by atoms with E-state index in [4.69, 9.17) is 23.2 Å². The van der Waals surface area contributed by atoms with Crippen molar-refractivity contribution in [1.29, 1.82) is 0 Å². The summed E-state index contributed by atoms with van der Waals surface area (Å²) in [5.41, 5.74) is 3.93. The van der Waals surface area contributed by atoms with Crippen molar-refractivity contribution in [2.45, 2.75) is 37.9 Å². The molecule has 1 amide bonds. The molecule has 3 atom stereocenters. The largest absolute Gasteiger partial charge is 0.394 e. The van der Waals surface area contributed by atoms with Crippen LogP contribution in [0.15, 0.2) is 42.7 Å².